The lowest BCUT2D eigenvalue weighted by atomic mass is 10.1. The Morgan fingerprint density at radius 3 is 2.68 bits per heavy atom. The number of unbranched alkanes of at least 4 members (excludes halogenated alkanes) is 1. The number of rotatable bonds is 7. The minimum atomic E-state index is -0.325. The number of methoxy groups -OCH3 is 1. The molecule has 0 bridgehead atoms. The maximum absolute atomic E-state index is 12.5. The lowest BCUT2D eigenvalue weighted by molar-refractivity contribution is 0.0948. The van der Waals surface area contributed by atoms with Gasteiger partial charge in [-0.25, -0.2) is 0 Å². The van der Waals surface area contributed by atoms with E-state index in [1.807, 2.05) is 19.1 Å². The summed E-state index contributed by atoms with van der Waals surface area (Å²) in [6, 6.07) is 8.58. The molecule has 2 amide bonds. The molecule has 6 heteroatoms. The van der Waals surface area contributed by atoms with Crippen molar-refractivity contribution in [3.8, 4) is 5.75 Å². The van der Waals surface area contributed by atoms with Crippen LogP contribution in [0.2, 0.25) is 0 Å². The van der Waals surface area contributed by atoms with E-state index in [1.54, 1.807) is 19.2 Å². The van der Waals surface area contributed by atoms with E-state index < -0.39 is 0 Å². The molecule has 0 aliphatic carbocycles. The highest BCUT2D eigenvalue weighted by atomic mass is 16.5. The maximum atomic E-state index is 12.5. The zero-order valence-electron chi connectivity index (χ0n) is 14.8. The summed E-state index contributed by atoms with van der Waals surface area (Å²) in [4.78, 5) is 28.6. The van der Waals surface area contributed by atoms with Gasteiger partial charge in [0.1, 0.15) is 11.4 Å². The van der Waals surface area contributed by atoms with E-state index in [0.29, 0.717) is 23.5 Å². The molecule has 0 spiro atoms. The molecule has 1 aromatic heterocycles. The molecule has 0 aliphatic heterocycles. The summed E-state index contributed by atoms with van der Waals surface area (Å²) < 4.78 is 5.26. The second-order valence-corrected chi connectivity index (χ2v) is 5.70. The Labute approximate surface area is 147 Å². The summed E-state index contributed by atoms with van der Waals surface area (Å²) in [5, 5.41) is 5.60. The van der Waals surface area contributed by atoms with Crippen molar-refractivity contribution in [3.63, 3.8) is 0 Å². The first kappa shape index (κ1) is 18.4. The van der Waals surface area contributed by atoms with Gasteiger partial charge >= 0.3 is 0 Å². The number of pyridine rings is 1. The zero-order chi connectivity index (χ0) is 18.2. The average molecular weight is 341 g/mol. The van der Waals surface area contributed by atoms with Crippen LogP contribution < -0.4 is 15.4 Å². The Hall–Kier alpha value is -2.89. The van der Waals surface area contributed by atoms with Crippen molar-refractivity contribution in [1.82, 2.24) is 10.3 Å². The minimum Gasteiger partial charge on any atom is -0.495 e. The molecule has 0 saturated carbocycles. The molecule has 2 aromatic rings. The van der Waals surface area contributed by atoms with Gasteiger partial charge in [-0.2, -0.15) is 0 Å². The number of hydrogen-bond acceptors (Lipinski definition) is 4. The molecule has 6 nitrogen and oxygen atoms in total. The highest BCUT2D eigenvalue weighted by molar-refractivity contribution is 6.06. The van der Waals surface area contributed by atoms with Crippen LogP contribution in [0.1, 0.15) is 46.2 Å². The maximum Gasteiger partial charge on any atom is 0.269 e. The Morgan fingerprint density at radius 1 is 1.16 bits per heavy atom. The van der Waals surface area contributed by atoms with Gasteiger partial charge in [-0.15, -0.1) is 0 Å². The highest BCUT2D eigenvalue weighted by Crippen LogP contribution is 2.25. The third-order valence-corrected chi connectivity index (χ3v) is 3.67. The van der Waals surface area contributed by atoms with Gasteiger partial charge in [0, 0.05) is 18.3 Å². The Morgan fingerprint density at radius 2 is 1.96 bits per heavy atom. The normalized spacial score (nSPS) is 10.2. The van der Waals surface area contributed by atoms with Crippen molar-refractivity contribution in [2.45, 2.75) is 26.7 Å². The van der Waals surface area contributed by atoms with E-state index in [2.05, 4.69) is 22.5 Å². The number of benzene rings is 1. The molecule has 0 fully saturated rings. The Bertz CT molecular complexity index is 759. The van der Waals surface area contributed by atoms with Crippen LogP contribution in [-0.4, -0.2) is 30.5 Å². The molecule has 132 valence electrons. The van der Waals surface area contributed by atoms with E-state index in [9.17, 15) is 9.59 Å². The van der Waals surface area contributed by atoms with Crippen LogP contribution >= 0.6 is 0 Å². The van der Waals surface area contributed by atoms with Gasteiger partial charge < -0.3 is 15.4 Å². The first-order valence-corrected chi connectivity index (χ1v) is 8.25. The number of aryl methyl sites for hydroxylation is 1. The Kier molecular flexibility index (Phi) is 6.51. The minimum absolute atomic E-state index is 0.222. The zero-order valence-corrected chi connectivity index (χ0v) is 14.8. The van der Waals surface area contributed by atoms with Crippen molar-refractivity contribution in [1.29, 1.82) is 0 Å². The predicted octanol–water partition coefficient (Wildman–Crippen LogP) is 3.18. The quantitative estimate of drug-likeness (QED) is 0.758. The molecule has 0 radical (unpaired) electrons. The summed E-state index contributed by atoms with van der Waals surface area (Å²) in [7, 11) is 1.55. The number of anilines is 1. The van der Waals surface area contributed by atoms with Gasteiger partial charge in [0.05, 0.1) is 12.8 Å². The fraction of sp³-hybridized carbons (Fsp3) is 0.316. The van der Waals surface area contributed by atoms with Gasteiger partial charge in [-0.1, -0.05) is 19.4 Å². The number of carbonyl (C=O) groups is 2. The van der Waals surface area contributed by atoms with Gasteiger partial charge in [0.25, 0.3) is 11.8 Å². The number of nitrogens with one attached hydrogen (secondary N) is 2. The summed E-state index contributed by atoms with van der Waals surface area (Å²) in [6.45, 7) is 4.57. The highest BCUT2D eigenvalue weighted by Gasteiger charge is 2.13. The van der Waals surface area contributed by atoms with Crippen LogP contribution in [0.25, 0.3) is 0 Å². The van der Waals surface area contributed by atoms with Crippen LogP contribution in [0.5, 0.6) is 5.75 Å². The molecular weight excluding hydrogens is 318 g/mol. The summed E-state index contributed by atoms with van der Waals surface area (Å²) in [5.74, 6) is -0.0318. The fourth-order valence-electron chi connectivity index (χ4n) is 2.28. The third-order valence-electron chi connectivity index (χ3n) is 3.67. The van der Waals surface area contributed by atoms with Gasteiger partial charge in [-0.05, 0) is 43.2 Å². The number of hydrogen-bond donors (Lipinski definition) is 2. The topological polar surface area (TPSA) is 80.3 Å². The molecule has 1 heterocycles. The van der Waals surface area contributed by atoms with E-state index >= 15 is 0 Å². The third kappa shape index (κ3) is 5.04. The molecule has 1 aromatic carbocycles. The second kappa shape index (κ2) is 8.82. The second-order valence-electron chi connectivity index (χ2n) is 5.70. The number of amides is 2. The van der Waals surface area contributed by atoms with Crippen molar-refractivity contribution >= 4 is 17.5 Å². The standard InChI is InChI=1S/C19H23N3O3/c1-4-5-9-21-19(24)16-12-14(8-10-20-16)18(23)22-15-11-13(2)6-7-17(15)25-3/h6-8,10-12H,4-5,9H2,1-3H3,(H,21,24)(H,22,23). The lowest BCUT2D eigenvalue weighted by Gasteiger charge is -2.11. The van der Waals surface area contributed by atoms with E-state index in [1.165, 1.54) is 12.3 Å². The summed E-state index contributed by atoms with van der Waals surface area (Å²) in [6.07, 6.45) is 3.35. The van der Waals surface area contributed by atoms with E-state index in [0.717, 1.165) is 18.4 Å². The SMILES string of the molecule is CCCCNC(=O)c1cc(C(=O)Nc2cc(C)ccc2OC)ccn1. The summed E-state index contributed by atoms with van der Waals surface area (Å²) >= 11 is 0. The predicted molar refractivity (Wildman–Crippen MR) is 97.2 cm³/mol. The molecule has 25 heavy (non-hydrogen) atoms. The largest absolute Gasteiger partial charge is 0.495 e. The van der Waals surface area contributed by atoms with Crippen LogP contribution in [0.3, 0.4) is 0 Å². The van der Waals surface area contributed by atoms with Crippen molar-refractivity contribution in [3.05, 3.63) is 53.3 Å². The van der Waals surface area contributed by atoms with Gasteiger partial charge in [0.15, 0.2) is 0 Å². The molecule has 0 unspecified atom stereocenters. The fourth-order valence-corrected chi connectivity index (χ4v) is 2.28. The van der Waals surface area contributed by atoms with E-state index in [4.69, 9.17) is 4.74 Å². The lowest BCUT2D eigenvalue weighted by Crippen LogP contribution is -2.25. The average Bonchev–Trinajstić information content (AvgIpc) is 2.62. The summed E-state index contributed by atoms with van der Waals surface area (Å²) in [5.41, 5.74) is 2.17. The van der Waals surface area contributed by atoms with Crippen LogP contribution in [0.4, 0.5) is 5.69 Å². The first-order chi connectivity index (χ1) is 12.0. The number of carbonyl (C=O) groups excluding carboxylic acids is 2. The molecule has 0 saturated heterocycles. The molecular formula is C19H23N3O3. The number of nitrogens with zero attached hydrogens (tertiary/aromatic N) is 1. The van der Waals surface area contributed by atoms with Crippen molar-refractivity contribution in [2.24, 2.45) is 0 Å². The first-order valence-electron chi connectivity index (χ1n) is 8.25. The molecule has 2 N–H and O–H groups in total. The Balaban J connectivity index is 2.13. The monoisotopic (exact) mass is 341 g/mol. The number of ether oxygens (including phenoxy) is 1. The molecule has 2 rings (SSSR count). The van der Waals surface area contributed by atoms with Crippen LogP contribution in [0, 0.1) is 6.92 Å². The van der Waals surface area contributed by atoms with Gasteiger partial charge in [0.2, 0.25) is 0 Å². The van der Waals surface area contributed by atoms with Crippen LogP contribution in [-0.2, 0) is 0 Å². The number of aromatic nitrogens is 1. The van der Waals surface area contributed by atoms with Crippen molar-refractivity contribution < 1.29 is 14.3 Å². The smallest absolute Gasteiger partial charge is 0.269 e. The molecule has 0 atom stereocenters. The van der Waals surface area contributed by atoms with Crippen molar-refractivity contribution in [2.75, 3.05) is 19.0 Å². The molecule has 0 aliphatic rings. The van der Waals surface area contributed by atoms with Crippen LogP contribution in [0.15, 0.2) is 36.5 Å². The van der Waals surface area contributed by atoms with Gasteiger partial charge in [-0.3, -0.25) is 14.6 Å². The van der Waals surface area contributed by atoms with E-state index in [-0.39, 0.29) is 17.5 Å².